The van der Waals surface area contributed by atoms with Crippen LogP contribution < -0.4 is 5.32 Å². The van der Waals surface area contributed by atoms with Gasteiger partial charge in [0.25, 0.3) is 0 Å². The summed E-state index contributed by atoms with van der Waals surface area (Å²) >= 11 is 5.45. The molecule has 0 saturated carbocycles. The summed E-state index contributed by atoms with van der Waals surface area (Å²) in [7, 11) is 0. The van der Waals surface area contributed by atoms with Crippen LogP contribution in [0.15, 0.2) is 18.2 Å². The number of carbonyl (C=O) groups is 1. The quantitative estimate of drug-likeness (QED) is 0.886. The molecule has 0 amide bonds. The van der Waals surface area contributed by atoms with Crippen molar-refractivity contribution in [1.82, 2.24) is 0 Å². The van der Waals surface area contributed by atoms with Crippen LogP contribution in [0.1, 0.15) is 18.9 Å². The third kappa shape index (κ3) is 3.53. The Bertz CT molecular complexity index is 448. The van der Waals surface area contributed by atoms with Crippen LogP contribution in [0.2, 0.25) is 5.02 Å². The molecule has 1 aromatic rings. The molecule has 0 aliphatic heterocycles. The van der Waals surface area contributed by atoms with E-state index in [2.05, 4.69) is 5.32 Å². The number of carboxylic acid groups (broad SMARTS) is 1. The van der Waals surface area contributed by atoms with Crippen molar-refractivity contribution in [1.29, 1.82) is 0 Å². The molecule has 1 unspecified atom stereocenters. The highest BCUT2D eigenvalue weighted by atomic mass is 35.5. The standard InChI is InChI=1S/C11H11ClF3NO2/c1-2-9(10(17)18)16-6-3-4-8(12)7(5-6)11(13,14)15/h3-5,9,16H,2H2,1H3,(H,17,18). The second-order valence-corrected chi connectivity index (χ2v) is 4.04. The van der Waals surface area contributed by atoms with E-state index in [0.717, 1.165) is 12.1 Å². The van der Waals surface area contributed by atoms with Gasteiger partial charge in [0.2, 0.25) is 0 Å². The van der Waals surface area contributed by atoms with Gasteiger partial charge < -0.3 is 10.4 Å². The van der Waals surface area contributed by atoms with Crippen molar-refractivity contribution in [3.05, 3.63) is 28.8 Å². The van der Waals surface area contributed by atoms with Gasteiger partial charge in [-0.3, -0.25) is 0 Å². The van der Waals surface area contributed by atoms with Crippen molar-refractivity contribution < 1.29 is 23.1 Å². The molecule has 0 fully saturated rings. The zero-order valence-electron chi connectivity index (χ0n) is 9.38. The first kappa shape index (κ1) is 14.6. The van der Waals surface area contributed by atoms with Crippen LogP contribution in [0.3, 0.4) is 0 Å². The lowest BCUT2D eigenvalue weighted by Gasteiger charge is -2.16. The van der Waals surface area contributed by atoms with Crippen molar-refractivity contribution in [3.8, 4) is 0 Å². The highest BCUT2D eigenvalue weighted by molar-refractivity contribution is 6.31. The fraction of sp³-hybridized carbons (Fsp3) is 0.364. The molecule has 0 bridgehead atoms. The number of hydrogen-bond donors (Lipinski definition) is 2. The number of anilines is 1. The lowest BCUT2D eigenvalue weighted by molar-refractivity contribution is -0.138. The maximum atomic E-state index is 12.6. The van der Waals surface area contributed by atoms with Gasteiger partial charge in [0.1, 0.15) is 6.04 Å². The summed E-state index contributed by atoms with van der Waals surface area (Å²) in [6, 6.07) is 2.26. The van der Waals surface area contributed by atoms with Gasteiger partial charge >= 0.3 is 12.1 Å². The molecule has 0 aliphatic rings. The monoisotopic (exact) mass is 281 g/mol. The Morgan fingerprint density at radius 2 is 2.11 bits per heavy atom. The first-order valence-electron chi connectivity index (χ1n) is 5.11. The second-order valence-electron chi connectivity index (χ2n) is 3.64. The first-order chi connectivity index (χ1) is 8.25. The van der Waals surface area contributed by atoms with E-state index in [4.69, 9.17) is 16.7 Å². The molecule has 0 aromatic heterocycles. The lowest BCUT2D eigenvalue weighted by Crippen LogP contribution is -2.28. The van der Waals surface area contributed by atoms with Gasteiger partial charge in [0, 0.05) is 5.69 Å². The van der Waals surface area contributed by atoms with Crippen LogP contribution in [-0.4, -0.2) is 17.1 Å². The van der Waals surface area contributed by atoms with Crippen LogP contribution in [0, 0.1) is 0 Å². The third-order valence-electron chi connectivity index (χ3n) is 2.32. The van der Waals surface area contributed by atoms with Crippen LogP contribution in [0.5, 0.6) is 0 Å². The van der Waals surface area contributed by atoms with E-state index in [0.29, 0.717) is 0 Å². The topological polar surface area (TPSA) is 49.3 Å². The summed E-state index contributed by atoms with van der Waals surface area (Å²) in [6.45, 7) is 1.62. The Kier molecular flexibility index (Phi) is 4.45. The number of aliphatic carboxylic acids is 1. The molecule has 0 heterocycles. The fourth-order valence-corrected chi connectivity index (χ4v) is 1.60. The van der Waals surface area contributed by atoms with Crippen molar-refractivity contribution in [3.63, 3.8) is 0 Å². The SMILES string of the molecule is CCC(Nc1ccc(Cl)c(C(F)(F)F)c1)C(=O)O. The Labute approximate surface area is 107 Å². The van der Waals surface area contributed by atoms with Gasteiger partial charge in [-0.05, 0) is 24.6 Å². The Hall–Kier alpha value is -1.43. The molecule has 0 spiro atoms. The number of benzene rings is 1. The Morgan fingerprint density at radius 3 is 2.56 bits per heavy atom. The molecular formula is C11H11ClF3NO2. The van der Waals surface area contributed by atoms with Gasteiger partial charge in [-0.1, -0.05) is 18.5 Å². The molecule has 100 valence electrons. The number of nitrogens with one attached hydrogen (secondary N) is 1. The minimum atomic E-state index is -4.57. The van der Waals surface area contributed by atoms with Crippen molar-refractivity contribution in [2.45, 2.75) is 25.6 Å². The molecule has 0 aliphatic carbocycles. The molecule has 2 N–H and O–H groups in total. The molecule has 1 rings (SSSR count). The van der Waals surface area contributed by atoms with E-state index >= 15 is 0 Å². The van der Waals surface area contributed by atoms with Gasteiger partial charge in [-0.25, -0.2) is 4.79 Å². The molecule has 3 nitrogen and oxygen atoms in total. The predicted octanol–water partition coefficient (Wildman–Crippen LogP) is 3.63. The smallest absolute Gasteiger partial charge is 0.417 e. The summed E-state index contributed by atoms with van der Waals surface area (Å²) in [5, 5.41) is 10.9. The number of rotatable bonds is 4. The zero-order valence-corrected chi connectivity index (χ0v) is 10.1. The van der Waals surface area contributed by atoms with Crippen molar-refractivity contribution in [2.24, 2.45) is 0 Å². The highest BCUT2D eigenvalue weighted by Gasteiger charge is 2.33. The average Bonchev–Trinajstić information content (AvgIpc) is 2.25. The van der Waals surface area contributed by atoms with E-state index in [9.17, 15) is 18.0 Å². The molecule has 0 radical (unpaired) electrons. The predicted molar refractivity (Wildman–Crippen MR) is 61.8 cm³/mol. The van der Waals surface area contributed by atoms with Crippen LogP contribution >= 0.6 is 11.6 Å². The molecule has 7 heteroatoms. The summed E-state index contributed by atoms with van der Waals surface area (Å²) in [6.07, 6.45) is -4.32. The van der Waals surface area contributed by atoms with Gasteiger partial charge in [-0.15, -0.1) is 0 Å². The molecule has 0 saturated heterocycles. The molecular weight excluding hydrogens is 271 g/mol. The average molecular weight is 282 g/mol. The molecule has 18 heavy (non-hydrogen) atoms. The van der Waals surface area contributed by atoms with Crippen LogP contribution in [-0.2, 0) is 11.0 Å². The number of carboxylic acids is 1. The molecule has 1 aromatic carbocycles. The van der Waals surface area contributed by atoms with Gasteiger partial charge in [-0.2, -0.15) is 13.2 Å². The zero-order chi connectivity index (χ0) is 13.9. The summed E-state index contributed by atoms with van der Waals surface area (Å²) in [4.78, 5) is 10.8. The largest absolute Gasteiger partial charge is 0.480 e. The van der Waals surface area contributed by atoms with E-state index in [-0.39, 0.29) is 12.1 Å². The molecule has 1 atom stereocenters. The first-order valence-corrected chi connectivity index (χ1v) is 5.49. The van der Waals surface area contributed by atoms with Gasteiger partial charge in [0.05, 0.1) is 10.6 Å². The second kappa shape index (κ2) is 5.48. The normalized spacial score (nSPS) is 13.2. The number of hydrogen-bond acceptors (Lipinski definition) is 2. The van der Waals surface area contributed by atoms with Crippen LogP contribution in [0.25, 0.3) is 0 Å². The fourth-order valence-electron chi connectivity index (χ4n) is 1.37. The van der Waals surface area contributed by atoms with Crippen molar-refractivity contribution in [2.75, 3.05) is 5.32 Å². The minimum Gasteiger partial charge on any atom is -0.480 e. The Balaban J connectivity index is 3.02. The van der Waals surface area contributed by atoms with Crippen molar-refractivity contribution >= 4 is 23.3 Å². The number of alkyl halides is 3. The summed E-state index contributed by atoms with van der Waals surface area (Å²) < 4.78 is 37.7. The van der Waals surface area contributed by atoms with E-state index in [1.165, 1.54) is 6.07 Å². The van der Waals surface area contributed by atoms with Gasteiger partial charge in [0.15, 0.2) is 0 Å². The maximum absolute atomic E-state index is 12.6. The van der Waals surface area contributed by atoms with Crippen LogP contribution in [0.4, 0.5) is 18.9 Å². The third-order valence-corrected chi connectivity index (χ3v) is 2.65. The number of halogens is 4. The highest BCUT2D eigenvalue weighted by Crippen LogP contribution is 2.36. The summed E-state index contributed by atoms with van der Waals surface area (Å²) in [5.74, 6) is -1.12. The summed E-state index contributed by atoms with van der Waals surface area (Å²) in [5.41, 5.74) is -0.921. The maximum Gasteiger partial charge on any atom is 0.417 e. The Morgan fingerprint density at radius 1 is 1.50 bits per heavy atom. The lowest BCUT2D eigenvalue weighted by atomic mass is 10.1. The van der Waals surface area contributed by atoms with E-state index in [1.807, 2.05) is 0 Å². The van der Waals surface area contributed by atoms with E-state index in [1.54, 1.807) is 6.92 Å². The van der Waals surface area contributed by atoms with E-state index < -0.39 is 28.8 Å². The minimum absolute atomic E-state index is 0.0703.